The molecule has 27 heavy (non-hydrogen) atoms. The molecule has 1 rings (SSSR count). The van der Waals surface area contributed by atoms with Gasteiger partial charge in [0.15, 0.2) is 5.78 Å². The van der Waals surface area contributed by atoms with Gasteiger partial charge < -0.3 is 9.64 Å². The summed E-state index contributed by atoms with van der Waals surface area (Å²) in [4.78, 5) is 14.7. The molecule has 0 spiro atoms. The van der Waals surface area contributed by atoms with Crippen molar-refractivity contribution in [3.63, 3.8) is 0 Å². The number of ketones is 1. The van der Waals surface area contributed by atoms with Crippen molar-refractivity contribution < 1.29 is 9.53 Å². The van der Waals surface area contributed by atoms with Crippen LogP contribution in [0, 0.1) is 0 Å². The summed E-state index contributed by atoms with van der Waals surface area (Å²) >= 11 is 0. The summed E-state index contributed by atoms with van der Waals surface area (Å²) in [5, 5.41) is 0. The lowest BCUT2D eigenvalue weighted by molar-refractivity contribution is 0.104. The maximum atomic E-state index is 12.1. The minimum atomic E-state index is 0.0696. The average molecular weight is 374 g/mol. The summed E-state index contributed by atoms with van der Waals surface area (Å²) in [5.41, 5.74) is 0.723. The highest BCUT2D eigenvalue weighted by Gasteiger charge is 2.05. The van der Waals surface area contributed by atoms with Crippen molar-refractivity contribution in [2.45, 2.75) is 72.1 Å². The van der Waals surface area contributed by atoms with Gasteiger partial charge in [-0.1, -0.05) is 52.5 Å². The first-order valence-electron chi connectivity index (χ1n) is 10.9. The molecule has 0 bridgehead atoms. The lowest BCUT2D eigenvalue weighted by Gasteiger charge is -2.21. The summed E-state index contributed by atoms with van der Waals surface area (Å²) in [7, 11) is 0. The molecule has 3 nitrogen and oxygen atoms in total. The third-order valence-corrected chi connectivity index (χ3v) is 4.68. The van der Waals surface area contributed by atoms with E-state index in [0.29, 0.717) is 0 Å². The second kappa shape index (κ2) is 15.4. The van der Waals surface area contributed by atoms with Crippen molar-refractivity contribution >= 4 is 5.78 Å². The van der Waals surface area contributed by atoms with E-state index >= 15 is 0 Å². The minimum absolute atomic E-state index is 0.0696. The molecule has 0 fully saturated rings. The summed E-state index contributed by atoms with van der Waals surface area (Å²) in [6.45, 7) is 10.9. The first-order chi connectivity index (χ1) is 13.2. The average Bonchev–Trinajstić information content (AvgIpc) is 2.70. The quantitative estimate of drug-likeness (QED) is 0.194. The molecule has 0 saturated carbocycles. The molecule has 1 aromatic carbocycles. The fourth-order valence-corrected chi connectivity index (χ4v) is 2.90. The Balaban J connectivity index is 2.33. The molecule has 0 aromatic heterocycles. The number of ether oxygens (including phenoxy) is 1. The number of benzene rings is 1. The van der Waals surface area contributed by atoms with E-state index in [1.54, 1.807) is 6.08 Å². The van der Waals surface area contributed by atoms with Gasteiger partial charge in [-0.05, 0) is 69.1 Å². The Morgan fingerprint density at radius 1 is 0.889 bits per heavy atom. The van der Waals surface area contributed by atoms with Crippen LogP contribution < -0.4 is 4.74 Å². The maximum absolute atomic E-state index is 12.1. The molecule has 0 heterocycles. The fourth-order valence-electron chi connectivity index (χ4n) is 2.90. The fraction of sp³-hybridized carbons (Fsp3) is 0.625. The van der Waals surface area contributed by atoms with Crippen LogP contribution >= 0.6 is 0 Å². The van der Waals surface area contributed by atoms with Crippen molar-refractivity contribution in [3.8, 4) is 5.75 Å². The highest BCUT2D eigenvalue weighted by Crippen LogP contribution is 2.14. The lowest BCUT2D eigenvalue weighted by Crippen LogP contribution is -2.28. The zero-order valence-corrected chi connectivity index (χ0v) is 17.7. The summed E-state index contributed by atoms with van der Waals surface area (Å²) < 4.78 is 5.86. The van der Waals surface area contributed by atoms with Crippen LogP contribution in [0.2, 0.25) is 0 Å². The monoisotopic (exact) mass is 373 g/mol. The van der Waals surface area contributed by atoms with Crippen molar-refractivity contribution in [2.24, 2.45) is 0 Å². The number of hydrogen-bond donors (Lipinski definition) is 0. The van der Waals surface area contributed by atoms with E-state index in [-0.39, 0.29) is 5.78 Å². The zero-order valence-electron chi connectivity index (χ0n) is 17.7. The summed E-state index contributed by atoms with van der Waals surface area (Å²) in [5.74, 6) is 0.912. The van der Waals surface area contributed by atoms with E-state index in [4.69, 9.17) is 4.74 Å². The number of rotatable bonds is 16. The van der Waals surface area contributed by atoms with E-state index in [2.05, 4.69) is 25.7 Å². The second-order valence-electron chi connectivity index (χ2n) is 7.18. The van der Waals surface area contributed by atoms with Gasteiger partial charge >= 0.3 is 0 Å². The van der Waals surface area contributed by atoms with Crippen LogP contribution in [0.3, 0.4) is 0 Å². The summed E-state index contributed by atoms with van der Waals surface area (Å²) in [6.07, 6.45) is 13.0. The Morgan fingerprint density at radius 3 is 2.07 bits per heavy atom. The SMILES string of the molecule is CCCCC=CC(=O)c1ccc(OCCCN(CCCC)CCCC)cc1. The number of carbonyl (C=O) groups is 1. The molecular weight excluding hydrogens is 334 g/mol. The number of unbranched alkanes of at least 4 members (excludes halogenated alkanes) is 4. The van der Waals surface area contributed by atoms with Crippen molar-refractivity contribution in [2.75, 3.05) is 26.2 Å². The van der Waals surface area contributed by atoms with Gasteiger partial charge in [0.05, 0.1) is 6.61 Å². The van der Waals surface area contributed by atoms with Gasteiger partial charge in [-0.3, -0.25) is 4.79 Å². The highest BCUT2D eigenvalue weighted by molar-refractivity contribution is 6.04. The van der Waals surface area contributed by atoms with Crippen LogP contribution in [0.5, 0.6) is 5.75 Å². The summed E-state index contributed by atoms with van der Waals surface area (Å²) in [6, 6.07) is 7.52. The predicted octanol–water partition coefficient (Wildman–Crippen LogP) is 6.29. The maximum Gasteiger partial charge on any atom is 0.185 e. The largest absolute Gasteiger partial charge is 0.494 e. The third-order valence-electron chi connectivity index (χ3n) is 4.68. The molecule has 3 heteroatoms. The number of carbonyl (C=O) groups excluding carboxylic acids is 1. The second-order valence-corrected chi connectivity index (χ2v) is 7.18. The Morgan fingerprint density at radius 2 is 1.48 bits per heavy atom. The smallest absolute Gasteiger partial charge is 0.185 e. The standard InChI is InChI=1S/C24H39NO2/c1-4-7-10-11-13-24(26)22-14-16-23(17-15-22)27-21-12-20-25(18-8-5-2)19-9-6-3/h11,13-17H,4-10,12,18-21H2,1-3H3. The van der Waals surface area contributed by atoms with Crippen LogP contribution in [0.4, 0.5) is 0 Å². The van der Waals surface area contributed by atoms with Crippen LogP contribution in [0.15, 0.2) is 36.4 Å². The molecule has 0 aliphatic heterocycles. The number of hydrogen-bond acceptors (Lipinski definition) is 3. The molecule has 0 N–H and O–H groups in total. The molecule has 1 aromatic rings. The molecule has 0 saturated heterocycles. The first-order valence-corrected chi connectivity index (χ1v) is 10.9. The van der Waals surface area contributed by atoms with Gasteiger partial charge in [0, 0.05) is 12.1 Å². The topological polar surface area (TPSA) is 29.5 Å². The Bertz CT molecular complexity index is 514. The zero-order chi connectivity index (χ0) is 19.7. The van der Waals surface area contributed by atoms with Gasteiger partial charge in [-0.2, -0.15) is 0 Å². The highest BCUT2D eigenvalue weighted by atomic mass is 16.5. The Labute approximate surface area is 166 Å². The van der Waals surface area contributed by atoms with Crippen LogP contribution in [-0.4, -0.2) is 36.9 Å². The molecule has 0 atom stereocenters. The van der Waals surface area contributed by atoms with E-state index in [1.165, 1.54) is 38.8 Å². The molecule has 0 amide bonds. The van der Waals surface area contributed by atoms with E-state index in [9.17, 15) is 4.79 Å². The molecule has 0 unspecified atom stereocenters. The molecule has 0 aliphatic carbocycles. The Hall–Kier alpha value is -1.61. The Kier molecular flexibility index (Phi) is 13.4. The number of allylic oxidation sites excluding steroid dienone is 2. The van der Waals surface area contributed by atoms with Gasteiger partial charge in [0.2, 0.25) is 0 Å². The number of nitrogens with zero attached hydrogens (tertiary/aromatic N) is 1. The lowest BCUT2D eigenvalue weighted by atomic mass is 10.1. The molecule has 152 valence electrons. The van der Waals surface area contributed by atoms with Crippen molar-refractivity contribution in [1.29, 1.82) is 0 Å². The molecule has 0 radical (unpaired) electrons. The van der Waals surface area contributed by atoms with Crippen LogP contribution in [0.1, 0.15) is 82.5 Å². The predicted molar refractivity (Wildman–Crippen MR) is 116 cm³/mol. The van der Waals surface area contributed by atoms with Gasteiger partial charge in [-0.25, -0.2) is 0 Å². The van der Waals surface area contributed by atoms with Gasteiger partial charge in [0.1, 0.15) is 5.75 Å². The first kappa shape index (κ1) is 23.4. The third kappa shape index (κ3) is 11.0. The van der Waals surface area contributed by atoms with E-state index in [0.717, 1.165) is 50.1 Å². The minimum Gasteiger partial charge on any atom is -0.494 e. The molecule has 0 aliphatic rings. The van der Waals surface area contributed by atoms with Crippen molar-refractivity contribution in [3.05, 3.63) is 42.0 Å². The molecular formula is C24H39NO2. The van der Waals surface area contributed by atoms with Crippen LogP contribution in [-0.2, 0) is 0 Å². The normalized spacial score (nSPS) is 11.4. The van der Waals surface area contributed by atoms with E-state index in [1.807, 2.05) is 30.3 Å². The van der Waals surface area contributed by atoms with Crippen LogP contribution in [0.25, 0.3) is 0 Å². The van der Waals surface area contributed by atoms with E-state index < -0.39 is 0 Å². The van der Waals surface area contributed by atoms with Crippen molar-refractivity contribution in [1.82, 2.24) is 4.90 Å². The van der Waals surface area contributed by atoms with Gasteiger partial charge in [-0.15, -0.1) is 0 Å². The van der Waals surface area contributed by atoms with Gasteiger partial charge in [0.25, 0.3) is 0 Å².